The van der Waals surface area contributed by atoms with Crippen molar-refractivity contribution in [2.24, 2.45) is 0 Å². The highest BCUT2D eigenvalue weighted by atomic mass is 19.1. The number of amides is 3. The van der Waals surface area contributed by atoms with Gasteiger partial charge in [0.2, 0.25) is 11.8 Å². The number of ether oxygens (including phenoxy) is 16. The molecule has 3 heterocycles. The number of hydrogen-bond acceptors (Lipinski definition) is 29. The Morgan fingerprint density at radius 3 is 1.71 bits per heavy atom. The summed E-state index contributed by atoms with van der Waals surface area (Å²) in [6.45, 7) is 10.1. The third-order valence-corrected chi connectivity index (χ3v) is 16.1. The highest BCUT2D eigenvalue weighted by molar-refractivity contribution is 5.83. The lowest BCUT2D eigenvalue weighted by Crippen LogP contribution is -2.71. The summed E-state index contributed by atoms with van der Waals surface area (Å²) in [6, 6.07) is 17.5. The number of fused-ring (bicyclic) bond motifs is 3. The number of nitrogens with one attached hydrogen (secondary N) is 3. The summed E-state index contributed by atoms with van der Waals surface area (Å²) < 4.78 is 111. The summed E-state index contributed by atoms with van der Waals surface area (Å²) in [5.41, 5.74) is 2.66. The van der Waals surface area contributed by atoms with Crippen LogP contribution in [0.1, 0.15) is 119 Å². The van der Waals surface area contributed by atoms with Crippen molar-refractivity contribution in [3.63, 3.8) is 0 Å². The second-order valence-corrected chi connectivity index (χ2v) is 25.4. The molecule has 0 spiro atoms. The Labute approximate surface area is 585 Å². The van der Waals surface area contributed by atoms with Gasteiger partial charge in [-0.2, -0.15) is 0 Å². The van der Waals surface area contributed by atoms with Crippen LogP contribution in [0.3, 0.4) is 0 Å². The number of hydrogen-bond donors (Lipinski definition) is 4. The Morgan fingerprint density at radius 1 is 0.608 bits per heavy atom. The van der Waals surface area contributed by atoms with Gasteiger partial charge in [0.15, 0.2) is 49.1 Å². The number of carbonyl (C=O) groups is 12. The first-order valence-electron chi connectivity index (χ1n) is 32.5. The molecule has 8 unspecified atom stereocenters. The summed E-state index contributed by atoms with van der Waals surface area (Å²) in [5.74, 6) is -15.2. The molecule has 3 saturated heterocycles. The van der Waals surface area contributed by atoms with Crippen molar-refractivity contribution in [2.45, 2.75) is 224 Å². The van der Waals surface area contributed by atoms with Crippen LogP contribution in [0, 0.1) is 0 Å². The average Bonchev–Trinajstić information content (AvgIpc) is 1.03. The highest BCUT2D eigenvalue weighted by Crippen LogP contribution is 2.45. The standard InChI is InChI=1S/C69H86FN3O29/c1-33(53(63(84)102-68(11,12)13)73-67(86)89-30-48-46-25-19-17-23-44(46)45-24-18-20-26-47(45)48)91-64-55(72-35(3)75)59(100-65-62(97-42(10)82)61(96-41(9)81)57(94-39(7)79)50(28-70)98-65)56(83)51(99-64)32-90-69(66(85)88-29-43-21-15-14-16-22-43)27-49(92-37(5)77)54(71-34(2)74)60(101-69)58(95-40(8)80)52(93-38(6)78)31-87-36(4)76/h14-26,33,48-62,64-65,83H,27-32H2,1-13H3,(H,71,74)(H,72,75)(H,73,86)/t33?,49-,50?,51?,52-,53+,54-,55?,56+,57+,58-,59?,60?,61?,62?,64+,65+,69-/m1/s1. The zero-order valence-electron chi connectivity index (χ0n) is 58.4. The summed E-state index contributed by atoms with van der Waals surface area (Å²) >= 11 is 0. The number of benzene rings is 3. The molecule has 32 nitrogen and oxygen atoms in total. The molecule has 0 radical (unpaired) electrons. The molecule has 1 aliphatic carbocycles. The van der Waals surface area contributed by atoms with E-state index in [1.165, 1.54) is 27.7 Å². The van der Waals surface area contributed by atoms with Crippen molar-refractivity contribution in [1.82, 2.24) is 16.0 Å². The smallest absolute Gasteiger partial charge is 0.407 e. The van der Waals surface area contributed by atoms with Gasteiger partial charge in [-0.25, -0.2) is 18.8 Å². The van der Waals surface area contributed by atoms with Crippen LogP contribution in [0.4, 0.5) is 9.18 Å². The second kappa shape index (κ2) is 35.6. The number of esters is 9. The predicted octanol–water partition coefficient (Wildman–Crippen LogP) is 3.21. The fourth-order valence-corrected chi connectivity index (χ4v) is 12.2. The van der Waals surface area contributed by atoms with Crippen molar-refractivity contribution in [3.05, 3.63) is 95.6 Å². The first kappa shape index (κ1) is 80.1. The monoisotopic (exact) mass is 1440 g/mol. The number of alkyl carbamates (subject to hydrolysis) is 1. The molecule has 3 fully saturated rings. The van der Waals surface area contributed by atoms with Gasteiger partial charge in [-0.05, 0) is 55.5 Å². The van der Waals surface area contributed by atoms with Gasteiger partial charge in [-0.3, -0.25) is 43.2 Å². The van der Waals surface area contributed by atoms with Gasteiger partial charge in [0, 0.05) is 68.2 Å². The number of carbonyl (C=O) groups excluding carboxylic acids is 12. The van der Waals surface area contributed by atoms with Crippen molar-refractivity contribution in [3.8, 4) is 11.1 Å². The maximum absolute atomic E-state index is 15.4. The van der Waals surface area contributed by atoms with E-state index >= 15 is 9.18 Å². The highest BCUT2D eigenvalue weighted by Gasteiger charge is 2.62. The summed E-state index contributed by atoms with van der Waals surface area (Å²) in [6.07, 6.45) is -30.2. The van der Waals surface area contributed by atoms with E-state index in [1.807, 2.05) is 48.5 Å². The molecule has 4 aliphatic rings. The van der Waals surface area contributed by atoms with E-state index in [0.29, 0.717) is 5.56 Å². The Hall–Kier alpha value is -9.25. The van der Waals surface area contributed by atoms with Crippen molar-refractivity contribution < 1.29 is 143 Å². The minimum atomic E-state index is -3.06. The molecule has 33 heteroatoms. The summed E-state index contributed by atoms with van der Waals surface area (Å²) in [5, 5.41) is 20.6. The fourth-order valence-electron chi connectivity index (χ4n) is 12.2. The summed E-state index contributed by atoms with van der Waals surface area (Å²) in [4.78, 5) is 161. The lowest BCUT2D eigenvalue weighted by atomic mass is 9.87. The Balaban J connectivity index is 1.38. The van der Waals surface area contributed by atoms with E-state index in [4.69, 9.17) is 75.8 Å². The lowest BCUT2D eigenvalue weighted by molar-refractivity contribution is -0.357. The number of rotatable bonds is 28. The summed E-state index contributed by atoms with van der Waals surface area (Å²) in [7, 11) is 0. The molecule has 3 aromatic rings. The second-order valence-electron chi connectivity index (χ2n) is 25.4. The van der Waals surface area contributed by atoms with Gasteiger partial charge in [0.25, 0.3) is 5.79 Å². The van der Waals surface area contributed by atoms with E-state index in [-0.39, 0.29) is 6.61 Å². The minimum absolute atomic E-state index is 0.238. The maximum Gasteiger partial charge on any atom is 0.407 e. The Morgan fingerprint density at radius 2 is 1.16 bits per heavy atom. The van der Waals surface area contributed by atoms with Gasteiger partial charge in [-0.15, -0.1) is 0 Å². The van der Waals surface area contributed by atoms with Crippen molar-refractivity contribution in [2.75, 3.05) is 26.5 Å². The molecular formula is C69H86FN3O29. The van der Waals surface area contributed by atoms with Crippen molar-refractivity contribution >= 4 is 71.6 Å². The number of aliphatic hydroxyl groups is 1. The van der Waals surface area contributed by atoms with Crippen LogP contribution in [-0.4, -0.2) is 219 Å². The fraction of sp³-hybridized carbons (Fsp3) is 0.565. The number of alkyl halides is 1. The first-order chi connectivity index (χ1) is 48.1. The SMILES string of the molecule is CC(=O)NC1C(O[C@@H]2OC(CF)[C@H](OC(C)=O)C(OC(C)=O)C2OC(C)=O)[C@@H](O)C(CO[C@]2(C(=O)OCc3ccccc3)C[C@@H](OC(C)=O)[C@@H](NC(C)=O)C([C@H](OC(C)=O)[C@@H](COC(C)=O)OC(C)=O)O2)O[C@@H]1OC(C)[C@H](NC(=O)OCC1c2ccccc2-c2ccccc21)C(=O)OC(C)(C)C. The third-order valence-electron chi connectivity index (χ3n) is 16.1. The third kappa shape index (κ3) is 21.4. The Bertz CT molecular complexity index is 3470. The van der Waals surface area contributed by atoms with E-state index in [0.717, 1.165) is 84.6 Å². The number of halogens is 1. The molecule has 102 heavy (non-hydrogen) atoms. The molecule has 3 aliphatic heterocycles. The average molecular weight is 1440 g/mol. The van der Waals surface area contributed by atoms with Gasteiger partial charge in [0.1, 0.15) is 74.8 Å². The van der Waals surface area contributed by atoms with Crippen LogP contribution < -0.4 is 16.0 Å². The van der Waals surface area contributed by atoms with Gasteiger partial charge >= 0.3 is 59.8 Å². The lowest BCUT2D eigenvalue weighted by Gasteiger charge is -2.50. The normalized spacial score (nSPS) is 26.4. The quantitative estimate of drug-likeness (QED) is 0.0599. The largest absolute Gasteiger partial charge is 0.462 e. The van der Waals surface area contributed by atoms with Crippen LogP contribution in [0.25, 0.3) is 11.1 Å². The van der Waals surface area contributed by atoms with Crippen molar-refractivity contribution in [1.29, 1.82) is 0 Å². The van der Waals surface area contributed by atoms with E-state index < -0.39 is 226 Å². The molecule has 4 N–H and O–H groups in total. The topological polar surface area (TPSA) is 409 Å². The van der Waals surface area contributed by atoms with Gasteiger partial charge in [-0.1, -0.05) is 78.9 Å². The number of aliphatic hydroxyl groups excluding tert-OH is 1. The van der Waals surface area contributed by atoms with Crippen LogP contribution in [0.15, 0.2) is 78.9 Å². The van der Waals surface area contributed by atoms with Gasteiger partial charge < -0.3 is 96.8 Å². The molecular weight excluding hydrogens is 1350 g/mol. The zero-order valence-corrected chi connectivity index (χ0v) is 58.4. The van der Waals surface area contributed by atoms with Crippen LogP contribution in [0.2, 0.25) is 0 Å². The van der Waals surface area contributed by atoms with E-state index in [1.54, 1.807) is 30.3 Å². The van der Waals surface area contributed by atoms with Crippen LogP contribution in [-0.2, 0) is 135 Å². The molecule has 3 aromatic carbocycles. The minimum Gasteiger partial charge on any atom is -0.462 e. The van der Waals surface area contributed by atoms with E-state index in [9.17, 15) is 57.8 Å². The molecule has 3 amide bonds. The molecule has 0 saturated carbocycles. The predicted molar refractivity (Wildman–Crippen MR) is 342 cm³/mol. The molecule has 18 atom stereocenters. The van der Waals surface area contributed by atoms with Crippen LogP contribution in [0.5, 0.6) is 0 Å². The molecule has 0 bridgehead atoms. The molecule has 7 rings (SSSR count). The first-order valence-corrected chi connectivity index (χ1v) is 32.5. The van der Waals surface area contributed by atoms with Crippen LogP contribution >= 0.6 is 0 Å². The molecule has 0 aromatic heterocycles. The van der Waals surface area contributed by atoms with E-state index in [2.05, 4.69) is 16.0 Å². The maximum atomic E-state index is 15.4. The molecule has 558 valence electrons. The Kier molecular flexibility index (Phi) is 27.9. The van der Waals surface area contributed by atoms with Gasteiger partial charge in [0.05, 0.1) is 25.2 Å². The zero-order chi connectivity index (χ0) is 75.1.